The molecule has 2 aromatic rings. The van der Waals surface area contributed by atoms with E-state index in [1.807, 2.05) is 0 Å². The van der Waals surface area contributed by atoms with Crippen molar-refractivity contribution in [3.63, 3.8) is 0 Å². The van der Waals surface area contributed by atoms with Crippen LogP contribution in [0.4, 0.5) is 18.9 Å². The Balaban J connectivity index is 2.47. The fraction of sp³-hybridized carbons (Fsp3) is 0.0769. The topological polar surface area (TPSA) is 52.4 Å². The number of halogens is 5. The van der Waals surface area contributed by atoms with Gasteiger partial charge in [0.05, 0.1) is 15.5 Å². The van der Waals surface area contributed by atoms with Crippen molar-refractivity contribution in [3.05, 3.63) is 62.1 Å². The van der Waals surface area contributed by atoms with E-state index in [2.05, 4.69) is 0 Å². The van der Waals surface area contributed by atoms with Crippen LogP contribution in [0.1, 0.15) is 5.56 Å². The summed E-state index contributed by atoms with van der Waals surface area (Å²) in [5, 5.41) is 11.3. The Kier molecular flexibility index (Phi) is 4.48. The molecule has 2 rings (SSSR count). The first-order valence-corrected chi connectivity index (χ1v) is 6.42. The number of hydrogen-bond acceptors (Lipinski definition) is 3. The van der Waals surface area contributed by atoms with Gasteiger partial charge in [-0.3, -0.25) is 10.1 Å². The van der Waals surface area contributed by atoms with Gasteiger partial charge in [0.15, 0.2) is 0 Å². The molecule has 0 heterocycles. The summed E-state index contributed by atoms with van der Waals surface area (Å²) in [6.07, 6.45) is -4.70. The summed E-state index contributed by atoms with van der Waals surface area (Å²) in [5.74, 6) is -0.376. The van der Waals surface area contributed by atoms with E-state index in [-0.39, 0.29) is 21.5 Å². The summed E-state index contributed by atoms with van der Waals surface area (Å²) >= 11 is 11.6. The number of hydrogen-bond donors (Lipinski definition) is 0. The molecule has 0 aliphatic heterocycles. The first kappa shape index (κ1) is 16.4. The molecule has 0 atom stereocenters. The van der Waals surface area contributed by atoms with Crippen LogP contribution in [0.5, 0.6) is 11.5 Å². The van der Waals surface area contributed by atoms with E-state index in [4.69, 9.17) is 27.9 Å². The summed E-state index contributed by atoms with van der Waals surface area (Å²) in [4.78, 5) is 9.97. The highest BCUT2D eigenvalue weighted by Crippen LogP contribution is 2.39. The van der Waals surface area contributed by atoms with Crippen molar-refractivity contribution in [1.82, 2.24) is 0 Å². The Morgan fingerprint density at radius 3 is 2.32 bits per heavy atom. The van der Waals surface area contributed by atoms with E-state index in [0.717, 1.165) is 6.07 Å². The molecule has 9 heteroatoms. The average Bonchev–Trinajstić information content (AvgIpc) is 2.42. The van der Waals surface area contributed by atoms with Crippen LogP contribution in [-0.2, 0) is 6.18 Å². The van der Waals surface area contributed by atoms with Crippen LogP contribution in [0, 0.1) is 10.1 Å². The van der Waals surface area contributed by atoms with Gasteiger partial charge in [-0.15, -0.1) is 0 Å². The van der Waals surface area contributed by atoms with Crippen LogP contribution in [0.3, 0.4) is 0 Å². The van der Waals surface area contributed by atoms with Crippen LogP contribution < -0.4 is 4.74 Å². The second-order valence-corrected chi connectivity index (χ2v) is 4.96. The van der Waals surface area contributed by atoms with Gasteiger partial charge in [0.1, 0.15) is 5.75 Å². The third-order valence-electron chi connectivity index (χ3n) is 2.60. The quantitative estimate of drug-likeness (QED) is 0.525. The SMILES string of the molecule is O=[N+]([O-])c1cc(C(F)(F)F)ccc1Oc1cc(Cl)ccc1Cl. The highest BCUT2D eigenvalue weighted by atomic mass is 35.5. The molecule has 0 saturated carbocycles. The fourth-order valence-corrected chi connectivity index (χ4v) is 1.91. The second-order valence-electron chi connectivity index (χ2n) is 4.11. The monoisotopic (exact) mass is 351 g/mol. The number of nitro groups is 1. The number of nitrogens with zero attached hydrogens (tertiary/aromatic N) is 1. The van der Waals surface area contributed by atoms with Gasteiger partial charge < -0.3 is 4.74 Å². The lowest BCUT2D eigenvalue weighted by molar-refractivity contribution is -0.385. The molecule has 0 saturated heterocycles. The molecule has 0 N–H and O–H groups in total. The summed E-state index contributed by atoms with van der Waals surface area (Å²) < 4.78 is 43.0. The summed E-state index contributed by atoms with van der Waals surface area (Å²) in [7, 11) is 0. The lowest BCUT2D eigenvalue weighted by Gasteiger charge is -2.11. The molecule has 0 spiro atoms. The minimum Gasteiger partial charge on any atom is -0.449 e. The number of benzene rings is 2. The van der Waals surface area contributed by atoms with Crippen molar-refractivity contribution in [2.24, 2.45) is 0 Å². The van der Waals surface area contributed by atoms with E-state index in [1.165, 1.54) is 18.2 Å². The Labute approximate surface area is 132 Å². The minimum atomic E-state index is -4.70. The smallest absolute Gasteiger partial charge is 0.416 e. The lowest BCUT2D eigenvalue weighted by atomic mass is 10.2. The van der Waals surface area contributed by atoms with Crippen LogP contribution in [0.25, 0.3) is 0 Å². The van der Waals surface area contributed by atoms with Crippen LogP contribution in [0.2, 0.25) is 10.0 Å². The van der Waals surface area contributed by atoms with Gasteiger partial charge >= 0.3 is 11.9 Å². The predicted molar refractivity (Wildman–Crippen MR) is 74.6 cm³/mol. The predicted octanol–water partition coefficient (Wildman–Crippen LogP) is 5.71. The van der Waals surface area contributed by atoms with Crippen LogP contribution in [0.15, 0.2) is 36.4 Å². The average molecular weight is 352 g/mol. The number of ether oxygens (including phenoxy) is 1. The van der Waals surface area contributed by atoms with E-state index in [0.29, 0.717) is 12.1 Å². The minimum absolute atomic E-state index is 0.00275. The largest absolute Gasteiger partial charge is 0.449 e. The molecule has 22 heavy (non-hydrogen) atoms. The molecule has 116 valence electrons. The van der Waals surface area contributed by atoms with Gasteiger partial charge in [-0.1, -0.05) is 23.2 Å². The highest BCUT2D eigenvalue weighted by molar-refractivity contribution is 6.34. The van der Waals surface area contributed by atoms with Crippen molar-refractivity contribution in [1.29, 1.82) is 0 Å². The molecule has 0 amide bonds. The van der Waals surface area contributed by atoms with E-state index in [9.17, 15) is 23.3 Å². The van der Waals surface area contributed by atoms with Crippen molar-refractivity contribution < 1.29 is 22.8 Å². The van der Waals surface area contributed by atoms with Gasteiger partial charge in [-0.2, -0.15) is 13.2 Å². The maximum absolute atomic E-state index is 12.6. The molecule has 0 bridgehead atoms. The normalized spacial score (nSPS) is 11.3. The van der Waals surface area contributed by atoms with Gasteiger partial charge in [0.2, 0.25) is 5.75 Å². The van der Waals surface area contributed by atoms with Crippen molar-refractivity contribution in [3.8, 4) is 11.5 Å². The van der Waals surface area contributed by atoms with Gasteiger partial charge in [-0.25, -0.2) is 0 Å². The van der Waals surface area contributed by atoms with Crippen LogP contribution in [-0.4, -0.2) is 4.92 Å². The molecular weight excluding hydrogens is 346 g/mol. The number of alkyl halides is 3. The maximum Gasteiger partial charge on any atom is 0.416 e. The molecule has 0 aromatic heterocycles. The van der Waals surface area contributed by atoms with Gasteiger partial charge in [0.25, 0.3) is 0 Å². The zero-order valence-corrected chi connectivity index (χ0v) is 12.0. The summed E-state index contributed by atoms with van der Waals surface area (Å²) in [5.41, 5.74) is -1.98. The molecule has 0 aliphatic rings. The van der Waals surface area contributed by atoms with Crippen molar-refractivity contribution in [2.75, 3.05) is 0 Å². The van der Waals surface area contributed by atoms with E-state index < -0.39 is 22.4 Å². The molecule has 0 aliphatic carbocycles. The molecular formula is C13H6Cl2F3NO3. The second kappa shape index (κ2) is 6.02. The molecule has 0 unspecified atom stereocenters. The van der Waals surface area contributed by atoms with Gasteiger partial charge in [0, 0.05) is 17.2 Å². The maximum atomic E-state index is 12.6. The molecule has 0 radical (unpaired) electrons. The Hall–Kier alpha value is -1.99. The van der Waals surface area contributed by atoms with Crippen LogP contribution >= 0.6 is 23.2 Å². The fourth-order valence-electron chi connectivity index (χ4n) is 1.60. The van der Waals surface area contributed by atoms with E-state index in [1.54, 1.807) is 0 Å². The van der Waals surface area contributed by atoms with Crippen molar-refractivity contribution in [2.45, 2.75) is 6.18 Å². The third-order valence-corrected chi connectivity index (χ3v) is 3.14. The number of nitro benzene ring substituents is 1. The first-order valence-electron chi connectivity index (χ1n) is 5.67. The standard InChI is InChI=1S/C13H6Cl2F3NO3/c14-8-2-3-9(15)12(6-8)22-11-4-1-7(13(16,17)18)5-10(11)19(20)21/h1-6H. The zero-order valence-electron chi connectivity index (χ0n) is 10.5. The summed E-state index contributed by atoms with van der Waals surface area (Å²) in [6, 6.07) is 6.10. The highest BCUT2D eigenvalue weighted by Gasteiger charge is 2.33. The number of rotatable bonds is 3. The van der Waals surface area contributed by atoms with Crippen molar-refractivity contribution >= 4 is 28.9 Å². The summed E-state index contributed by atoms with van der Waals surface area (Å²) in [6.45, 7) is 0. The molecule has 0 fully saturated rings. The first-order chi connectivity index (χ1) is 10.2. The Morgan fingerprint density at radius 2 is 1.73 bits per heavy atom. The molecule has 4 nitrogen and oxygen atoms in total. The zero-order chi connectivity index (χ0) is 16.5. The lowest BCUT2D eigenvalue weighted by Crippen LogP contribution is -2.06. The third kappa shape index (κ3) is 3.61. The molecule has 2 aromatic carbocycles. The Morgan fingerprint density at radius 1 is 1.05 bits per heavy atom. The van der Waals surface area contributed by atoms with E-state index >= 15 is 0 Å². The Bertz CT molecular complexity index is 735. The van der Waals surface area contributed by atoms with Gasteiger partial charge in [-0.05, 0) is 24.3 Å².